The predicted octanol–water partition coefficient (Wildman–Crippen LogP) is 59.5. The van der Waals surface area contributed by atoms with Crippen molar-refractivity contribution in [1.82, 2.24) is 0 Å². The Morgan fingerprint density at radius 3 is 0.0490 bits per heavy atom. The molecule has 0 rings (SSSR count). The molecule has 0 nitrogen and oxygen atoms in total. The summed E-state index contributed by atoms with van der Waals surface area (Å²) in [6, 6.07) is 0. The molecule has 0 saturated heterocycles. The quantitative estimate of drug-likeness (QED) is 0.227. The standard InChI is InChI=1S/42C2H6.18CH4.20H2/c42*1-2;;;;;;;;;;;;;;;;;;;;;;;;;;;;;;;;;;;;;;/h42*1-2H3;18*1H4;20*1H/i;;;;;;;;;;;;;;;;;;;;;;;;;;;;;;;;;;;;;;;;;;;;;;;;;;;;;;;;;;;;4*1+1D;16*1+1. The Labute approximate surface area is 747 Å². The van der Waals surface area contributed by atoms with E-state index in [1.807, 2.05) is 582 Å². The van der Waals surface area contributed by atoms with Gasteiger partial charge in [0, 0.05) is 34.7 Å². The second-order valence-corrected chi connectivity index (χ2v) is 0. The Hall–Kier alpha value is 0. The first kappa shape index (κ1) is 492. The number of hydrogen-bond donors (Lipinski definition) is 0. The van der Waals surface area contributed by atoms with Crippen LogP contribution in [0.3, 0.4) is 0 Å². The van der Waals surface area contributed by atoms with Crippen molar-refractivity contribution in [2.24, 2.45) is 0 Å². The van der Waals surface area contributed by atoms with Gasteiger partial charge >= 0.3 is 0 Å². The molecule has 0 fully saturated rings. The molecule has 0 aromatic carbocycles. The molecule has 0 aliphatic heterocycles. The molecule has 0 saturated carbocycles. The van der Waals surface area contributed by atoms with Gasteiger partial charge in [-0.25, -0.2) is 0 Å². The monoisotopic (exact) mass is 1610 g/mol. The molecule has 0 bridgehead atoms. The van der Waals surface area contributed by atoms with Gasteiger partial charge < -0.3 is 0 Å². The fourth-order valence-electron chi connectivity index (χ4n) is 0. The molecule has 102 heavy (non-hydrogen) atoms. The van der Waals surface area contributed by atoms with Gasteiger partial charge in [0.25, 0.3) is 0 Å². The highest BCUT2D eigenvalue weighted by Gasteiger charge is 1.02. The second kappa shape index (κ2) is 0. The van der Waals surface area contributed by atoms with Gasteiger partial charge in [0.2, 0.25) is 0 Å². The van der Waals surface area contributed by atoms with Crippen molar-refractivity contribution in [3.05, 3.63) is 0 Å². The van der Waals surface area contributed by atoms with E-state index >= 15 is 0 Å². The van der Waals surface area contributed by atoms with Crippen LogP contribution in [0.15, 0.2) is 0 Å². The van der Waals surface area contributed by atoms with Crippen molar-refractivity contribution in [3.8, 4) is 0 Å². The van der Waals surface area contributed by atoms with Crippen LogP contribution < -0.4 is 0 Å². The third kappa shape index (κ3) is 0. The van der Waals surface area contributed by atoms with Crippen molar-refractivity contribution in [2.75, 3.05) is 0 Å². The van der Waals surface area contributed by atoms with Crippen molar-refractivity contribution in [2.45, 2.75) is 715 Å². The molecule has 0 unspecified atom stereocenters. The lowest BCUT2D eigenvalue weighted by Crippen LogP contribution is -0.856. The Morgan fingerprint density at radius 1 is 0.0490 bits per heavy atom. The normalized spacial score (nSPS) is 2.78. The van der Waals surface area contributed by atoms with E-state index < -0.39 is 0 Å². The lowest BCUT2D eigenvalue weighted by Gasteiger charge is -1.07. The predicted molar refractivity (Wildman–Crippen MR) is 640 cm³/mol. The van der Waals surface area contributed by atoms with E-state index in [2.05, 4.69) is 0 Å². The average Bonchev–Trinajstić information content (AvgIpc) is 3.81. The van der Waals surface area contributed by atoms with Crippen LogP contribution in [0.2, 0.25) is 0 Å². The van der Waals surface area contributed by atoms with Crippen molar-refractivity contribution >= 4 is 0 Å². The molecule has 0 aromatic heterocycles. The molecule has 0 amide bonds. The van der Waals surface area contributed by atoms with Gasteiger partial charge in [-0.1, -0.05) is 715 Å². The van der Waals surface area contributed by atoms with Crippen LogP contribution in [-0.2, 0) is 0 Å². The number of hydrogen-bond acceptors (Lipinski definition) is 0. The Kier molecular flexibility index (Phi) is 0. The molecule has 0 atom stereocenters. The van der Waals surface area contributed by atoms with Crippen LogP contribution in [0, 0.1) is 0 Å². The van der Waals surface area contributed by atoms with E-state index in [1.54, 1.807) is 0 Å². The summed E-state index contributed by atoms with van der Waals surface area (Å²) >= 11 is 0. The molecule has 0 spiro atoms. The van der Waals surface area contributed by atoms with Crippen LogP contribution in [0.25, 0.3) is 0 Å². The van der Waals surface area contributed by atoms with Crippen LogP contribution in [0.1, 0.15) is 750 Å². The zero-order chi connectivity index (χ0) is 92.0. The topological polar surface area (TPSA) is 0 Å². The zero-order valence-corrected chi connectivity index (χ0v) is 84.0. The Morgan fingerprint density at radius 2 is 0.0490 bits per heavy atom. The van der Waals surface area contributed by atoms with E-state index in [9.17, 15) is 0 Å². The fraction of sp³-hybridized carbons (Fsp3) is 1.00. The van der Waals surface area contributed by atoms with Gasteiger partial charge in [-0.2, -0.15) is 0 Å². The minimum Gasteiger partial charge on any atom is -0.0776 e. The van der Waals surface area contributed by atoms with Crippen molar-refractivity contribution in [1.29, 1.82) is 0 Å². The van der Waals surface area contributed by atoms with Crippen LogP contribution in [-0.4, -0.2) is 0 Å². The van der Waals surface area contributed by atoms with Gasteiger partial charge in [-0.05, 0) is 0 Å². The summed E-state index contributed by atoms with van der Waals surface area (Å²) < 4.78 is 40.0. The minimum absolute atomic E-state index is 0. The van der Waals surface area contributed by atoms with E-state index in [-0.39, 0.29) is 157 Å². The molecule has 0 heterocycles. The van der Waals surface area contributed by atoms with E-state index in [0.29, 0.717) is 0 Å². The summed E-state index contributed by atoms with van der Waals surface area (Å²) in [5, 5.41) is 0. The first-order chi connectivity index (χ1) is 46.0. The first-order valence-electron chi connectivity index (χ1n) is 46.0. The molecule has 0 aliphatic rings. The van der Waals surface area contributed by atoms with Crippen molar-refractivity contribution in [3.63, 3.8) is 0 Å². The molecule has 772 valence electrons. The van der Waals surface area contributed by atoms with E-state index in [4.69, 9.17) is 11.9 Å². The summed E-state index contributed by atoms with van der Waals surface area (Å²) in [5.74, 6) is 0. The van der Waals surface area contributed by atoms with Gasteiger partial charge in [-0.3, -0.25) is 0 Å². The highest BCUT2D eigenvalue weighted by Crippen LogP contribution is 1.23. The van der Waals surface area contributed by atoms with Gasteiger partial charge in [0.15, 0.2) is 0 Å². The molecular formula is C102H364. The van der Waals surface area contributed by atoms with Crippen LogP contribution >= 0.6 is 0 Å². The third-order valence-electron chi connectivity index (χ3n) is 0. The van der Waals surface area contributed by atoms with Crippen molar-refractivity contribution < 1.29 is 34.7 Å². The maximum atomic E-state index is 5.00. The molecular weight excluding hydrogens is 1230 g/mol. The van der Waals surface area contributed by atoms with Crippen LogP contribution in [0.4, 0.5) is 0 Å². The summed E-state index contributed by atoms with van der Waals surface area (Å²) in [5.41, 5.74) is 0. The molecule has 0 radical (unpaired) electrons. The highest BCUT2D eigenvalue weighted by atomic mass is 13.1. The second-order valence-electron chi connectivity index (χ2n) is 0. The zero-order valence-electron chi connectivity index (χ0n) is 92.0. The van der Waals surface area contributed by atoms with Gasteiger partial charge in [0.1, 0.15) is 0 Å². The lowest BCUT2D eigenvalue weighted by molar-refractivity contribution is 1.50. The average molecular weight is 1620 g/mol. The summed E-state index contributed by atoms with van der Waals surface area (Å²) in [6.07, 6.45) is 0. The summed E-state index contributed by atoms with van der Waals surface area (Å²) in [7, 11) is 0. The highest BCUT2D eigenvalue weighted by molar-refractivity contribution is 3.59. The Balaban J connectivity index is -0.00000000219. The molecule has 0 heteroatoms. The van der Waals surface area contributed by atoms with E-state index in [1.165, 1.54) is 0 Å². The van der Waals surface area contributed by atoms with E-state index in [0.717, 1.165) is 0 Å². The molecule has 0 aromatic rings. The largest absolute Gasteiger partial charge is 0.0776 e. The number of rotatable bonds is 0. The fourth-order valence-corrected chi connectivity index (χ4v) is 0. The maximum absolute atomic E-state index is 5.00. The van der Waals surface area contributed by atoms with Crippen LogP contribution in [0.5, 0.6) is 0 Å². The smallest absolute Gasteiger partial charge is 0 e. The molecule has 0 N–H and O–H groups in total. The van der Waals surface area contributed by atoms with Gasteiger partial charge in [0.05, 0.1) is 0 Å². The van der Waals surface area contributed by atoms with Gasteiger partial charge in [-0.15, -0.1) is 0 Å². The molecule has 0 aliphatic carbocycles. The Bertz CT molecular complexity index is 88.5. The first-order valence-corrected chi connectivity index (χ1v) is 42.0. The minimum atomic E-state index is 0. The lowest BCUT2D eigenvalue weighted by atomic mass is 11.0. The summed E-state index contributed by atoms with van der Waals surface area (Å²) in [4.78, 5) is 0. The SMILES string of the molecule is C.C.C.C.C.C.C.C.C.C.C.C.C.C.C.C.C.C.CC.CC.CC.CC.CC.CC.CC.CC.CC.CC.CC.CC.CC.CC.CC.CC.CC.CC.CC.CC.CC.CC.CC.CC.CC.CC.CC.CC.CC.CC.CC.CC.CC.CC.CC.CC.CC.CC.CC.CC.CC.CC.[2HH].[2HH].[2HH].[2HH].[2HH].[2HH].[2HH].[2HH].[2HH].[2HH].[2HH].[2HH].[2HH].[2HH].[2HH].[2HH].[2H][2H].[2H][2H].[2H][2H].[2H][2H]. The third-order valence-corrected chi connectivity index (χ3v) is 0. The maximum Gasteiger partial charge on any atom is 0 e. The summed E-state index contributed by atoms with van der Waals surface area (Å²) in [6.45, 7) is 168.